The summed E-state index contributed by atoms with van der Waals surface area (Å²) in [6.45, 7) is 6.23. The molecule has 1 amide bonds. The van der Waals surface area contributed by atoms with Crippen molar-refractivity contribution in [1.82, 2.24) is 25.1 Å². The van der Waals surface area contributed by atoms with Crippen LogP contribution in [0.4, 0.5) is 0 Å². The van der Waals surface area contributed by atoms with Crippen LogP contribution in [0.3, 0.4) is 0 Å². The fourth-order valence-corrected chi connectivity index (χ4v) is 4.21. The lowest BCUT2D eigenvalue weighted by molar-refractivity contribution is -0.119. The highest BCUT2D eigenvalue weighted by Crippen LogP contribution is 2.33. The predicted octanol–water partition coefficient (Wildman–Crippen LogP) is 3.95. The summed E-state index contributed by atoms with van der Waals surface area (Å²) in [5.41, 5.74) is 4.22. The first-order chi connectivity index (χ1) is 14.0. The SMILES string of the molecule is Cc1ccc(-n2c(SCC(=O)N[C@@H](C)C3CC3)nnc2-c2cccnc2)c(C)c1. The van der Waals surface area contributed by atoms with Crippen LogP contribution in [-0.4, -0.2) is 37.5 Å². The minimum Gasteiger partial charge on any atom is -0.353 e. The second-order valence-electron chi connectivity index (χ2n) is 7.66. The maximum Gasteiger partial charge on any atom is 0.230 e. The van der Waals surface area contributed by atoms with Crippen molar-refractivity contribution < 1.29 is 4.79 Å². The maximum atomic E-state index is 12.4. The van der Waals surface area contributed by atoms with E-state index < -0.39 is 0 Å². The van der Waals surface area contributed by atoms with E-state index in [1.54, 1.807) is 12.4 Å². The van der Waals surface area contributed by atoms with Gasteiger partial charge >= 0.3 is 0 Å². The average molecular weight is 408 g/mol. The minimum atomic E-state index is 0.0347. The molecular formula is C22H25N5OS. The quantitative estimate of drug-likeness (QED) is 0.600. The number of pyridine rings is 1. The first-order valence-corrected chi connectivity index (χ1v) is 10.9. The Hall–Kier alpha value is -2.67. The lowest BCUT2D eigenvalue weighted by atomic mass is 10.1. The second-order valence-corrected chi connectivity index (χ2v) is 8.60. The zero-order valence-electron chi connectivity index (χ0n) is 16.9. The van der Waals surface area contributed by atoms with E-state index in [1.165, 1.54) is 30.2 Å². The van der Waals surface area contributed by atoms with Gasteiger partial charge in [-0.05, 0) is 63.3 Å². The van der Waals surface area contributed by atoms with E-state index in [2.05, 4.69) is 59.5 Å². The smallest absolute Gasteiger partial charge is 0.230 e. The Balaban J connectivity index is 1.63. The molecular weight excluding hydrogens is 382 g/mol. The summed E-state index contributed by atoms with van der Waals surface area (Å²) >= 11 is 1.41. The lowest BCUT2D eigenvalue weighted by Crippen LogP contribution is -2.35. The van der Waals surface area contributed by atoms with Crippen molar-refractivity contribution >= 4 is 17.7 Å². The summed E-state index contributed by atoms with van der Waals surface area (Å²) in [7, 11) is 0. The minimum absolute atomic E-state index is 0.0347. The standard InChI is InChI=1S/C22H25N5OS/c1-14-6-9-19(15(2)11-14)27-21(18-5-4-10-23-12-18)25-26-22(27)29-13-20(28)24-16(3)17-7-8-17/h4-6,9-12,16-17H,7-8,13H2,1-3H3,(H,24,28)/t16-/m0/s1. The van der Waals surface area contributed by atoms with E-state index in [0.717, 1.165) is 22.6 Å². The third-order valence-corrected chi connectivity index (χ3v) is 6.13. The van der Waals surface area contributed by atoms with Gasteiger partial charge in [-0.1, -0.05) is 29.5 Å². The molecule has 1 N–H and O–H groups in total. The normalized spacial score (nSPS) is 14.6. The molecule has 1 fully saturated rings. The van der Waals surface area contributed by atoms with Crippen LogP contribution in [0.25, 0.3) is 17.1 Å². The van der Waals surface area contributed by atoms with Crippen LogP contribution in [0.5, 0.6) is 0 Å². The lowest BCUT2D eigenvalue weighted by Gasteiger charge is -2.14. The molecule has 0 radical (unpaired) electrons. The van der Waals surface area contributed by atoms with Crippen LogP contribution in [0, 0.1) is 19.8 Å². The van der Waals surface area contributed by atoms with E-state index in [4.69, 9.17) is 0 Å². The number of nitrogens with one attached hydrogen (secondary N) is 1. The van der Waals surface area contributed by atoms with Crippen LogP contribution in [0.2, 0.25) is 0 Å². The molecule has 29 heavy (non-hydrogen) atoms. The number of nitrogens with zero attached hydrogens (tertiary/aromatic N) is 4. The van der Waals surface area contributed by atoms with Gasteiger partial charge in [0.2, 0.25) is 5.91 Å². The van der Waals surface area contributed by atoms with Crippen molar-refractivity contribution in [2.75, 3.05) is 5.75 Å². The van der Waals surface area contributed by atoms with Gasteiger partial charge < -0.3 is 5.32 Å². The molecule has 3 aromatic rings. The highest BCUT2D eigenvalue weighted by molar-refractivity contribution is 7.99. The summed E-state index contributed by atoms with van der Waals surface area (Å²) in [4.78, 5) is 16.6. The van der Waals surface area contributed by atoms with Crippen LogP contribution in [0.15, 0.2) is 47.9 Å². The molecule has 1 aromatic carbocycles. The number of carbonyl (C=O) groups excluding carboxylic acids is 1. The number of hydrogen-bond donors (Lipinski definition) is 1. The molecule has 150 valence electrons. The number of hydrogen-bond acceptors (Lipinski definition) is 5. The molecule has 0 aliphatic heterocycles. The number of carbonyl (C=O) groups is 1. The Kier molecular flexibility index (Phi) is 5.67. The first-order valence-electron chi connectivity index (χ1n) is 9.88. The van der Waals surface area contributed by atoms with E-state index in [0.29, 0.717) is 16.8 Å². The molecule has 0 spiro atoms. The molecule has 0 bridgehead atoms. The number of amides is 1. The van der Waals surface area contributed by atoms with Crippen LogP contribution in [0.1, 0.15) is 30.9 Å². The van der Waals surface area contributed by atoms with Gasteiger partial charge in [-0.2, -0.15) is 0 Å². The molecule has 4 rings (SSSR count). The van der Waals surface area contributed by atoms with Crippen molar-refractivity contribution in [3.63, 3.8) is 0 Å². The second kappa shape index (κ2) is 8.37. The van der Waals surface area contributed by atoms with Crippen molar-refractivity contribution in [3.05, 3.63) is 53.9 Å². The van der Waals surface area contributed by atoms with E-state index in [9.17, 15) is 4.79 Å². The molecule has 0 saturated heterocycles. The molecule has 1 aliphatic carbocycles. The van der Waals surface area contributed by atoms with Gasteiger partial charge in [-0.25, -0.2) is 0 Å². The Morgan fingerprint density at radius 3 is 2.79 bits per heavy atom. The zero-order chi connectivity index (χ0) is 20.4. The molecule has 1 atom stereocenters. The Morgan fingerprint density at radius 1 is 1.28 bits per heavy atom. The van der Waals surface area contributed by atoms with Crippen LogP contribution >= 0.6 is 11.8 Å². The van der Waals surface area contributed by atoms with Crippen molar-refractivity contribution in [3.8, 4) is 17.1 Å². The summed E-state index contributed by atoms with van der Waals surface area (Å²) in [5.74, 6) is 1.71. The molecule has 1 saturated carbocycles. The number of aryl methyl sites for hydroxylation is 2. The van der Waals surface area contributed by atoms with Gasteiger partial charge in [0.15, 0.2) is 11.0 Å². The fraction of sp³-hybridized carbons (Fsp3) is 0.364. The van der Waals surface area contributed by atoms with E-state index >= 15 is 0 Å². The van der Waals surface area contributed by atoms with Crippen molar-refractivity contribution in [2.45, 2.75) is 44.8 Å². The fourth-order valence-electron chi connectivity index (χ4n) is 3.46. The van der Waals surface area contributed by atoms with Gasteiger partial charge in [0.25, 0.3) is 0 Å². The summed E-state index contributed by atoms with van der Waals surface area (Å²) in [6, 6.07) is 10.4. The van der Waals surface area contributed by atoms with Crippen LogP contribution in [-0.2, 0) is 4.79 Å². The van der Waals surface area contributed by atoms with E-state index in [1.807, 2.05) is 16.7 Å². The maximum absolute atomic E-state index is 12.4. The predicted molar refractivity (Wildman–Crippen MR) is 115 cm³/mol. The third kappa shape index (κ3) is 4.50. The van der Waals surface area contributed by atoms with Gasteiger partial charge in [0, 0.05) is 24.0 Å². The van der Waals surface area contributed by atoms with Gasteiger partial charge in [-0.3, -0.25) is 14.3 Å². The third-order valence-electron chi connectivity index (χ3n) is 5.20. The summed E-state index contributed by atoms with van der Waals surface area (Å²) in [6.07, 6.45) is 5.94. The number of rotatable bonds is 7. The van der Waals surface area contributed by atoms with Gasteiger partial charge in [-0.15, -0.1) is 10.2 Å². The summed E-state index contributed by atoms with van der Waals surface area (Å²) < 4.78 is 2.02. The summed E-state index contributed by atoms with van der Waals surface area (Å²) in [5, 5.41) is 12.6. The Labute approximate surface area is 175 Å². The topological polar surface area (TPSA) is 72.7 Å². The molecule has 2 aromatic heterocycles. The highest BCUT2D eigenvalue weighted by atomic mass is 32.2. The molecule has 0 unspecified atom stereocenters. The molecule has 6 nitrogen and oxygen atoms in total. The average Bonchev–Trinajstić information content (AvgIpc) is 3.48. The van der Waals surface area contributed by atoms with Gasteiger partial charge in [0.1, 0.15) is 0 Å². The molecule has 1 aliphatic rings. The Bertz CT molecular complexity index is 1010. The number of benzene rings is 1. The molecule has 7 heteroatoms. The number of thioether (sulfide) groups is 1. The molecule has 2 heterocycles. The van der Waals surface area contributed by atoms with Crippen molar-refractivity contribution in [1.29, 1.82) is 0 Å². The van der Waals surface area contributed by atoms with Gasteiger partial charge in [0.05, 0.1) is 11.4 Å². The highest BCUT2D eigenvalue weighted by Gasteiger charge is 2.29. The monoisotopic (exact) mass is 407 g/mol. The van der Waals surface area contributed by atoms with Crippen molar-refractivity contribution in [2.24, 2.45) is 5.92 Å². The largest absolute Gasteiger partial charge is 0.353 e. The Morgan fingerprint density at radius 2 is 2.10 bits per heavy atom. The van der Waals surface area contributed by atoms with Crippen LogP contribution < -0.4 is 5.32 Å². The first kappa shape index (κ1) is 19.6. The van der Waals surface area contributed by atoms with E-state index in [-0.39, 0.29) is 11.9 Å². The number of aromatic nitrogens is 4. The zero-order valence-corrected chi connectivity index (χ0v) is 17.7.